The average molecular weight is 302 g/mol. The Bertz CT molecular complexity index is 555. The first kappa shape index (κ1) is 13.9. The molecule has 0 bridgehead atoms. The van der Waals surface area contributed by atoms with E-state index in [0.29, 0.717) is 19.1 Å². The highest BCUT2D eigenvalue weighted by molar-refractivity contribution is 5.82. The van der Waals surface area contributed by atoms with Gasteiger partial charge in [0.05, 0.1) is 13.2 Å². The predicted octanol–water partition coefficient (Wildman–Crippen LogP) is 1.18. The maximum atomic E-state index is 12.5. The van der Waals surface area contributed by atoms with Crippen LogP contribution < -0.4 is 4.90 Å². The number of anilines is 1. The maximum absolute atomic E-state index is 12.5. The zero-order valence-electron chi connectivity index (χ0n) is 12.8. The molecule has 0 spiro atoms. The molecule has 0 aromatic carbocycles. The molecular formula is C16H22N4O2. The molecule has 1 unspecified atom stereocenters. The lowest BCUT2D eigenvalue weighted by Crippen LogP contribution is -2.50. The van der Waals surface area contributed by atoms with E-state index < -0.39 is 0 Å². The smallest absolute Gasteiger partial charge is 0.253 e. The highest BCUT2D eigenvalue weighted by Gasteiger charge is 2.32. The van der Waals surface area contributed by atoms with Crippen molar-refractivity contribution in [3.05, 3.63) is 18.1 Å². The fourth-order valence-electron chi connectivity index (χ4n) is 3.23. The van der Waals surface area contributed by atoms with E-state index in [0.717, 1.165) is 44.1 Å². The van der Waals surface area contributed by atoms with Crippen molar-refractivity contribution in [2.24, 2.45) is 0 Å². The Morgan fingerprint density at radius 3 is 2.82 bits per heavy atom. The van der Waals surface area contributed by atoms with Gasteiger partial charge in [0, 0.05) is 31.7 Å². The quantitative estimate of drug-likeness (QED) is 0.839. The Kier molecular flexibility index (Phi) is 3.70. The zero-order chi connectivity index (χ0) is 14.9. The molecule has 4 rings (SSSR count). The molecule has 22 heavy (non-hydrogen) atoms. The number of carbonyl (C=O) groups excluding carboxylic acids is 1. The van der Waals surface area contributed by atoms with Gasteiger partial charge in [0.2, 0.25) is 0 Å². The molecule has 1 aromatic heterocycles. The molecule has 1 aromatic rings. The van der Waals surface area contributed by atoms with Crippen LogP contribution in [-0.2, 0) is 9.53 Å². The first-order chi connectivity index (χ1) is 10.8. The summed E-state index contributed by atoms with van der Waals surface area (Å²) >= 11 is 0. The van der Waals surface area contributed by atoms with Crippen LogP contribution in [0.15, 0.2) is 12.3 Å². The lowest BCUT2D eigenvalue weighted by Gasteiger charge is -2.34. The van der Waals surface area contributed by atoms with E-state index in [-0.39, 0.29) is 12.0 Å². The highest BCUT2D eigenvalue weighted by Crippen LogP contribution is 2.38. The minimum absolute atomic E-state index is 0.138. The van der Waals surface area contributed by atoms with Crippen LogP contribution in [0.1, 0.15) is 37.4 Å². The number of hydrogen-bond donors (Lipinski definition) is 0. The molecule has 118 valence electrons. The fraction of sp³-hybridized carbons (Fsp3) is 0.688. The molecule has 0 radical (unpaired) electrons. The van der Waals surface area contributed by atoms with Crippen LogP contribution in [0.2, 0.25) is 0 Å². The largest absolute Gasteiger partial charge is 0.365 e. The van der Waals surface area contributed by atoms with Crippen molar-refractivity contribution in [1.82, 2.24) is 14.9 Å². The Morgan fingerprint density at radius 1 is 1.23 bits per heavy atom. The summed E-state index contributed by atoms with van der Waals surface area (Å²) in [4.78, 5) is 25.7. The lowest BCUT2D eigenvalue weighted by atomic mass is 10.2. The van der Waals surface area contributed by atoms with Gasteiger partial charge in [-0.3, -0.25) is 4.79 Å². The number of rotatable bonds is 3. The van der Waals surface area contributed by atoms with Crippen LogP contribution in [0.25, 0.3) is 0 Å². The average Bonchev–Trinajstić information content (AvgIpc) is 3.29. The molecule has 1 saturated carbocycles. The molecule has 0 N–H and O–H groups in total. The third-order valence-corrected chi connectivity index (χ3v) is 4.69. The second-order valence-corrected chi connectivity index (χ2v) is 6.39. The molecule has 6 nitrogen and oxygen atoms in total. The summed E-state index contributed by atoms with van der Waals surface area (Å²) in [5, 5.41) is 0. The summed E-state index contributed by atoms with van der Waals surface area (Å²) in [5.41, 5.74) is 0. The Balaban J connectivity index is 1.46. The van der Waals surface area contributed by atoms with E-state index in [1.54, 1.807) is 0 Å². The fourth-order valence-corrected chi connectivity index (χ4v) is 3.23. The molecule has 6 heteroatoms. The third kappa shape index (κ3) is 2.79. The van der Waals surface area contributed by atoms with Gasteiger partial charge in [0.25, 0.3) is 5.91 Å². The summed E-state index contributed by atoms with van der Waals surface area (Å²) in [6, 6.07) is 1.94. The number of ether oxygens (including phenoxy) is 1. The van der Waals surface area contributed by atoms with Gasteiger partial charge in [-0.2, -0.15) is 0 Å². The standard InChI is InChI=1S/C16H22N4O2/c21-16(19-7-1-2-8-19)13-11-20(9-10-22-13)14-5-6-17-15(18-14)12-3-4-12/h5-6,12-13H,1-4,7-11H2. The lowest BCUT2D eigenvalue weighted by molar-refractivity contribution is -0.143. The maximum Gasteiger partial charge on any atom is 0.253 e. The molecular weight excluding hydrogens is 280 g/mol. The monoisotopic (exact) mass is 302 g/mol. The minimum Gasteiger partial charge on any atom is -0.365 e. The molecule has 3 fully saturated rings. The van der Waals surface area contributed by atoms with Gasteiger partial charge >= 0.3 is 0 Å². The molecule has 2 aliphatic heterocycles. The summed E-state index contributed by atoms with van der Waals surface area (Å²) in [5.74, 6) is 2.56. The number of nitrogens with zero attached hydrogens (tertiary/aromatic N) is 4. The minimum atomic E-state index is -0.355. The molecule has 2 saturated heterocycles. The number of morpholine rings is 1. The highest BCUT2D eigenvalue weighted by atomic mass is 16.5. The van der Waals surface area contributed by atoms with Gasteiger partial charge in [-0.15, -0.1) is 0 Å². The summed E-state index contributed by atoms with van der Waals surface area (Å²) < 4.78 is 5.72. The summed E-state index contributed by atoms with van der Waals surface area (Å²) in [6.45, 7) is 3.70. The van der Waals surface area contributed by atoms with E-state index in [2.05, 4.69) is 14.9 Å². The Morgan fingerprint density at radius 2 is 2.05 bits per heavy atom. The van der Waals surface area contributed by atoms with Crippen molar-refractivity contribution in [2.75, 3.05) is 37.7 Å². The Hall–Kier alpha value is -1.69. The molecule has 3 heterocycles. The van der Waals surface area contributed by atoms with Crippen molar-refractivity contribution in [1.29, 1.82) is 0 Å². The first-order valence-corrected chi connectivity index (χ1v) is 8.29. The zero-order valence-corrected chi connectivity index (χ0v) is 12.8. The predicted molar refractivity (Wildman–Crippen MR) is 81.8 cm³/mol. The normalized spacial score (nSPS) is 25.5. The topological polar surface area (TPSA) is 58.6 Å². The van der Waals surface area contributed by atoms with E-state index in [9.17, 15) is 4.79 Å². The van der Waals surface area contributed by atoms with Gasteiger partial charge in [-0.1, -0.05) is 0 Å². The van der Waals surface area contributed by atoms with Gasteiger partial charge in [-0.05, 0) is 31.7 Å². The van der Waals surface area contributed by atoms with Crippen LogP contribution in [0.4, 0.5) is 5.82 Å². The van der Waals surface area contributed by atoms with Gasteiger partial charge < -0.3 is 14.5 Å². The number of likely N-dealkylation sites (tertiary alicyclic amines) is 1. The van der Waals surface area contributed by atoms with Crippen molar-refractivity contribution in [2.45, 2.75) is 37.7 Å². The van der Waals surface area contributed by atoms with Gasteiger partial charge in [0.1, 0.15) is 11.6 Å². The Labute approximate surface area is 130 Å². The van der Waals surface area contributed by atoms with E-state index in [1.165, 1.54) is 12.8 Å². The van der Waals surface area contributed by atoms with Crippen LogP contribution >= 0.6 is 0 Å². The molecule has 1 amide bonds. The molecule has 1 atom stereocenters. The number of hydrogen-bond acceptors (Lipinski definition) is 5. The third-order valence-electron chi connectivity index (χ3n) is 4.69. The summed E-state index contributed by atoms with van der Waals surface area (Å²) in [6.07, 6.45) is 6.09. The van der Waals surface area contributed by atoms with Crippen LogP contribution in [0.5, 0.6) is 0 Å². The number of carbonyl (C=O) groups is 1. The van der Waals surface area contributed by atoms with Crippen molar-refractivity contribution in [3.63, 3.8) is 0 Å². The number of aromatic nitrogens is 2. The number of amides is 1. The van der Waals surface area contributed by atoms with Crippen LogP contribution in [0, 0.1) is 0 Å². The van der Waals surface area contributed by atoms with Crippen LogP contribution in [-0.4, -0.2) is 59.7 Å². The van der Waals surface area contributed by atoms with Crippen molar-refractivity contribution < 1.29 is 9.53 Å². The first-order valence-electron chi connectivity index (χ1n) is 8.29. The van der Waals surface area contributed by atoms with E-state index >= 15 is 0 Å². The van der Waals surface area contributed by atoms with E-state index in [4.69, 9.17) is 4.74 Å². The van der Waals surface area contributed by atoms with Gasteiger partial charge in [0.15, 0.2) is 6.10 Å². The van der Waals surface area contributed by atoms with Crippen molar-refractivity contribution in [3.8, 4) is 0 Å². The SMILES string of the molecule is O=C(C1CN(c2ccnc(C3CC3)n2)CCO1)N1CCCC1. The van der Waals surface area contributed by atoms with Crippen molar-refractivity contribution >= 4 is 11.7 Å². The van der Waals surface area contributed by atoms with Gasteiger partial charge in [-0.25, -0.2) is 9.97 Å². The second kappa shape index (κ2) is 5.83. The van der Waals surface area contributed by atoms with Crippen LogP contribution in [0.3, 0.4) is 0 Å². The molecule has 3 aliphatic rings. The van der Waals surface area contributed by atoms with E-state index in [1.807, 2.05) is 17.2 Å². The second-order valence-electron chi connectivity index (χ2n) is 6.39. The molecule has 1 aliphatic carbocycles. The summed E-state index contributed by atoms with van der Waals surface area (Å²) in [7, 11) is 0.